The van der Waals surface area contributed by atoms with E-state index in [1.54, 1.807) is 4.90 Å². The molecule has 176 valence electrons. The van der Waals surface area contributed by atoms with E-state index in [1.807, 2.05) is 32.0 Å². The number of carbonyl (C=O) groups excluding carboxylic acids is 1. The van der Waals surface area contributed by atoms with Crippen molar-refractivity contribution >= 4 is 33.4 Å². The number of non-ortho nitro benzene ring substituents is 1. The summed E-state index contributed by atoms with van der Waals surface area (Å²) in [5.74, 6) is 0.185. The summed E-state index contributed by atoms with van der Waals surface area (Å²) in [5.41, 5.74) is 1.77. The Bertz CT molecular complexity index is 1190. The summed E-state index contributed by atoms with van der Waals surface area (Å²) in [6.07, 6.45) is 2.88. The summed E-state index contributed by atoms with van der Waals surface area (Å²) >= 11 is 1.29. The largest absolute Gasteiger partial charge is 0.340 e. The van der Waals surface area contributed by atoms with Crippen molar-refractivity contribution in [1.29, 1.82) is 0 Å². The summed E-state index contributed by atoms with van der Waals surface area (Å²) in [4.78, 5) is 26.3. The van der Waals surface area contributed by atoms with Crippen molar-refractivity contribution in [2.24, 2.45) is 5.92 Å². The average molecular weight is 490 g/mol. The van der Waals surface area contributed by atoms with Crippen LogP contribution in [0.2, 0.25) is 0 Å². The number of amides is 1. The maximum Gasteiger partial charge on any atom is 0.270 e. The maximum atomic E-state index is 13.6. The molecular formula is C23H27N3O5S2. The van der Waals surface area contributed by atoms with E-state index in [-0.39, 0.29) is 35.5 Å². The van der Waals surface area contributed by atoms with E-state index in [1.165, 1.54) is 28.2 Å². The number of nitro groups is 1. The molecular weight excluding hydrogens is 462 g/mol. The van der Waals surface area contributed by atoms with Gasteiger partial charge in [0.25, 0.3) is 5.69 Å². The van der Waals surface area contributed by atoms with Crippen LogP contribution in [0.5, 0.6) is 0 Å². The summed E-state index contributed by atoms with van der Waals surface area (Å²) in [5, 5.41) is 11.4. The summed E-state index contributed by atoms with van der Waals surface area (Å²) < 4.78 is 28.5. The quantitative estimate of drug-likeness (QED) is 0.449. The van der Waals surface area contributed by atoms with Crippen LogP contribution < -0.4 is 0 Å². The molecule has 0 bridgehead atoms. The standard InChI is InChI=1S/C23H27N3O5S2/c1-16-6-7-17(2)21(14-16)32-20-9-8-19(26(28)29)15-22(20)33(30,31)25-12-10-24(11-13-25)23(27)18-4-3-5-18/h6-9,14-15,18H,3-5,10-13H2,1-2H3. The number of aryl methyl sites for hydroxylation is 2. The van der Waals surface area contributed by atoms with Gasteiger partial charge in [-0.2, -0.15) is 4.31 Å². The second-order valence-electron chi connectivity index (χ2n) is 8.62. The molecule has 1 heterocycles. The molecule has 2 aliphatic rings. The zero-order valence-electron chi connectivity index (χ0n) is 18.7. The number of benzene rings is 2. The molecule has 2 aromatic rings. The highest BCUT2D eigenvalue weighted by Gasteiger charge is 2.36. The molecule has 10 heteroatoms. The first-order valence-corrected chi connectivity index (χ1v) is 13.2. The van der Waals surface area contributed by atoms with Gasteiger partial charge in [-0.15, -0.1) is 0 Å². The molecule has 2 aromatic carbocycles. The Morgan fingerprint density at radius 3 is 2.33 bits per heavy atom. The Balaban J connectivity index is 1.61. The third-order valence-corrected chi connectivity index (χ3v) is 9.63. The highest BCUT2D eigenvalue weighted by Crippen LogP contribution is 2.38. The van der Waals surface area contributed by atoms with Gasteiger partial charge < -0.3 is 4.90 Å². The molecule has 33 heavy (non-hydrogen) atoms. The summed E-state index contributed by atoms with van der Waals surface area (Å²) in [7, 11) is -3.98. The third-order valence-electron chi connectivity index (χ3n) is 6.32. The number of rotatable bonds is 6. The van der Waals surface area contributed by atoms with Gasteiger partial charge in [0, 0.05) is 54.0 Å². The van der Waals surface area contributed by atoms with Crippen LogP contribution in [-0.2, 0) is 14.8 Å². The van der Waals surface area contributed by atoms with Gasteiger partial charge in [0.1, 0.15) is 4.90 Å². The van der Waals surface area contributed by atoms with E-state index in [2.05, 4.69) is 0 Å². The number of hydrogen-bond donors (Lipinski definition) is 0. The number of carbonyl (C=O) groups is 1. The number of nitro benzene ring substituents is 1. The lowest BCUT2D eigenvalue weighted by Crippen LogP contribution is -2.52. The first-order valence-electron chi connectivity index (χ1n) is 11.0. The smallest absolute Gasteiger partial charge is 0.270 e. The second-order valence-corrected chi connectivity index (χ2v) is 11.6. The van der Waals surface area contributed by atoms with E-state index in [9.17, 15) is 23.3 Å². The minimum absolute atomic E-state index is 0.0682. The minimum Gasteiger partial charge on any atom is -0.340 e. The van der Waals surface area contributed by atoms with Gasteiger partial charge >= 0.3 is 0 Å². The molecule has 4 rings (SSSR count). The van der Waals surface area contributed by atoms with Crippen LogP contribution in [0.15, 0.2) is 51.1 Å². The molecule has 1 aliphatic carbocycles. The zero-order valence-corrected chi connectivity index (χ0v) is 20.3. The van der Waals surface area contributed by atoms with Crippen molar-refractivity contribution in [2.45, 2.75) is 47.8 Å². The molecule has 0 unspecified atom stereocenters. The molecule has 0 radical (unpaired) electrons. The molecule has 0 atom stereocenters. The van der Waals surface area contributed by atoms with Crippen LogP contribution in [-0.4, -0.2) is 54.6 Å². The minimum atomic E-state index is -3.98. The topological polar surface area (TPSA) is 101 Å². The van der Waals surface area contributed by atoms with Crippen LogP contribution in [0.1, 0.15) is 30.4 Å². The van der Waals surface area contributed by atoms with Crippen molar-refractivity contribution in [1.82, 2.24) is 9.21 Å². The highest BCUT2D eigenvalue weighted by molar-refractivity contribution is 8.00. The molecule has 0 spiro atoms. The Morgan fingerprint density at radius 2 is 1.73 bits per heavy atom. The van der Waals surface area contributed by atoms with Gasteiger partial charge in [-0.05, 0) is 49.9 Å². The Morgan fingerprint density at radius 1 is 1.03 bits per heavy atom. The lowest BCUT2D eigenvalue weighted by molar-refractivity contribution is -0.385. The van der Waals surface area contributed by atoms with Crippen molar-refractivity contribution in [3.63, 3.8) is 0 Å². The van der Waals surface area contributed by atoms with Gasteiger partial charge in [-0.3, -0.25) is 14.9 Å². The molecule has 1 amide bonds. The van der Waals surface area contributed by atoms with Crippen LogP contribution in [0.3, 0.4) is 0 Å². The fourth-order valence-electron chi connectivity index (χ4n) is 4.03. The summed E-state index contributed by atoms with van der Waals surface area (Å²) in [6, 6.07) is 9.92. The van der Waals surface area contributed by atoms with E-state index in [0.29, 0.717) is 18.0 Å². The molecule has 0 N–H and O–H groups in total. The number of piperazine rings is 1. The van der Waals surface area contributed by atoms with E-state index < -0.39 is 14.9 Å². The molecule has 1 aliphatic heterocycles. The Kier molecular flexibility index (Phi) is 6.78. The second kappa shape index (κ2) is 9.44. The number of sulfonamides is 1. The Hall–Kier alpha value is -2.43. The van der Waals surface area contributed by atoms with E-state index in [4.69, 9.17) is 0 Å². The summed E-state index contributed by atoms with van der Waals surface area (Å²) in [6.45, 7) is 4.93. The van der Waals surface area contributed by atoms with Gasteiger partial charge in [0.15, 0.2) is 0 Å². The van der Waals surface area contributed by atoms with Crippen LogP contribution >= 0.6 is 11.8 Å². The molecule has 2 fully saturated rings. The lowest BCUT2D eigenvalue weighted by atomic mass is 9.84. The van der Waals surface area contributed by atoms with Gasteiger partial charge in [0.2, 0.25) is 15.9 Å². The van der Waals surface area contributed by atoms with Crippen molar-refractivity contribution in [3.8, 4) is 0 Å². The van der Waals surface area contributed by atoms with Crippen LogP contribution in [0, 0.1) is 29.9 Å². The van der Waals surface area contributed by atoms with Gasteiger partial charge in [0.05, 0.1) is 4.92 Å². The molecule has 0 aromatic heterocycles. The number of nitrogens with zero attached hydrogens (tertiary/aromatic N) is 3. The SMILES string of the molecule is Cc1ccc(C)c(Sc2ccc([N+](=O)[O-])cc2S(=O)(=O)N2CCN(C(=O)C3CCC3)CC2)c1. The Labute approximate surface area is 198 Å². The fraction of sp³-hybridized carbons (Fsp3) is 0.435. The van der Waals surface area contributed by atoms with Crippen LogP contribution in [0.4, 0.5) is 5.69 Å². The third kappa shape index (κ3) is 4.92. The predicted molar refractivity (Wildman–Crippen MR) is 126 cm³/mol. The molecule has 1 saturated carbocycles. The number of hydrogen-bond acceptors (Lipinski definition) is 6. The zero-order chi connectivity index (χ0) is 23.8. The molecule has 1 saturated heterocycles. The van der Waals surface area contributed by atoms with Crippen molar-refractivity contribution in [3.05, 3.63) is 57.6 Å². The van der Waals surface area contributed by atoms with E-state index in [0.717, 1.165) is 41.4 Å². The van der Waals surface area contributed by atoms with E-state index >= 15 is 0 Å². The maximum absolute atomic E-state index is 13.6. The van der Waals surface area contributed by atoms with Crippen molar-refractivity contribution < 1.29 is 18.1 Å². The molecule has 8 nitrogen and oxygen atoms in total. The fourth-order valence-corrected chi connectivity index (χ4v) is 6.99. The van der Waals surface area contributed by atoms with Gasteiger partial charge in [-0.1, -0.05) is 30.3 Å². The predicted octanol–water partition coefficient (Wildman–Crippen LogP) is 4.00. The normalized spacial score (nSPS) is 17.6. The monoisotopic (exact) mass is 489 g/mol. The van der Waals surface area contributed by atoms with Crippen molar-refractivity contribution in [2.75, 3.05) is 26.2 Å². The lowest BCUT2D eigenvalue weighted by Gasteiger charge is -2.37. The first-order chi connectivity index (χ1) is 15.7. The van der Waals surface area contributed by atoms with Crippen LogP contribution in [0.25, 0.3) is 0 Å². The first kappa shape index (κ1) is 23.7. The average Bonchev–Trinajstić information content (AvgIpc) is 2.75. The van der Waals surface area contributed by atoms with Gasteiger partial charge in [-0.25, -0.2) is 8.42 Å². The highest BCUT2D eigenvalue weighted by atomic mass is 32.2.